The maximum atomic E-state index is 4.66. The summed E-state index contributed by atoms with van der Waals surface area (Å²) < 4.78 is 0. The van der Waals surface area contributed by atoms with Crippen molar-refractivity contribution in [1.29, 1.82) is 0 Å². The van der Waals surface area contributed by atoms with Crippen LogP contribution in [-0.4, -0.2) is 34.6 Å². The van der Waals surface area contributed by atoms with E-state index in [1.807, 2.05) is 17.8 Å². The molecule has 1 unspecified atom stereocenters. The summed E-state index contributed by atoms with van der Waals surface area (Å²) in [5, 5.41) is 6.79. The molecule has 1 aliphatic rings. The summed E-state index contributed by atoms with van der Waals surface area (Å²) >= 11 is 1.88. The van der Waals surface area contributed by atoms with Gasteiger partial charge in [0.15, 0.2) is 0 Å². The molecule has 1 saturated carbocycles. The number of thioether (sulfide) groups is 1. The molecule has 1 fully saturated rings. The van der Waals surface area contributed by atoms with E-state index in [1.54, 1.807) is 0 Å². The summed E-state index contributed by atoms with van der Waals surface area (Å²) in [5.41, 5.74) is 0. The van der Waals surface area contributed by atoms with Gasteiger partial charge in [-0.3, -0.25) is 0 Å². The van der Waals surface area contributed by atoms with Gasteiger partial charge in [-0.15, -0.1) is 0 Å². The first-order chi connectivity index (χ1) is 9.22. The van der Waals surface area contributed by atoms with Crippen LogP contribution < -0.4 is 10.6 Å². The third-order valence-corrected chi connectivity index (χ3v) is 3.84. The molecule has 5 heteroatoms. The topological polar surface area (TPSA) is 49.8 Å². The Balaban J connectivity index is 2.05. The molecule has 2 N–H and O–H groups in total. The molecule has 1 aliphatic carbocycles. The van der Waals surface area contributed by atoms with Gasteiger partial charge in [0.25, 0.3) is 0 Å². The second-order valence-electron chi connectivity index (χ2n) is 5.13. The van der Waals surface area contributed by atoms with E-state index in [-0.39, 0.29) is 0 Å². The van der Waals surface area contributed by atoms with Crippen LogP contribution in [0.3, 0.4) is 0 Å². The minimum atomic E-state index is 0.448. The highest BCUT2D eigenvalue weighted by molar-refractivity contribution is 7.98. The van der Waals surface area contributed by atoms with Crippen LogP contribution in [0.4, 0.5) is 11.6 Å². The molecule has 4 nitrogen and oxygen atoms in total. The molecule has 1 heterocycles. The van der Waals surface area contributed by atoms with Crippen molar-refractivity contribution in [1.82, 2.24) is 9.97 Å². The summed E-state index contributed by atoms with van der Waals surface area (Å²) in [7, 11) is 0. The maximum Gasteiger partial charge on any atom is 0.136 e. The Morgan fingerprint density at radius 2 is 2.11 bits per heavy atom. The van der Waals surface area contributed by atoms with Crippen molar-refractivity contribution in [2.45, 2.75) is 45.1 Å². The van der Waals surface area contributed by atoms with Crippen molar-refractivity contribution in [3.05, 3.63) is 11.9 Å². The molecule has 0 spiro atoms. The fraction of sp³-hybridized carbons (Fsp3) is 0.714. The smallest absolute Gasteiger partial charge is 0.136 e. The zero-order valence-corrected chi connectivity index (χ0v) is 12.9. The minimum absolute atomic E-state index is 0.448. The SMILES string of the molecule is CCNc1cc(NC(C)CCSC)nc(C2CC2)n1. The standard InChI is InChI=1S/C14H24N4S/c1-4-15-12-9-13(16-10(2)7-8-19-3)18-14(17-12)11-5-6-11/h9-11H,4-8H2,1-3H3,(H2,15,16,17,18). The van der Waals surface area contributed by atoms with Crippen molar-refractivity contribution >= 4 is 23.4 Å². The van der Waals surface area contributed by atoms with E-state index in [0.717, 1.165) is 30.4 Å². The Morgan fingerprint density at radius 1 is 1.37 bits per heavy atom. The minimum Gasteiger partial charge on any atom is -0.370 e. The van der Waals surface area contributed by atoms with E-state index in [4.69, 9.17) is 0 Å². The van der Waals surface area contributed by atoms with Gasteiger partial charge in [-0.2, -0.15) is 11.8 Å². The Hall–Kier alpha value is -0.970. The number of aromatic nitrogens is 2. The second-order valence-corrected chi connectivity index (χ2v) is 6.11. The number of rotatable bonds is 8. The van der Waals surface area contributed by atoms with Crippen LogP contribution >= 0.6 is 11.8 Å². The van der Waals surface area contributed by atoms with Crippen molar-refractivity contribution in [3.8, 4) is 0 Å². The number of hydrogen-bond acceptors (Lipinski definition) is 5. The maximum absolute atomic E-state index is 4.66. The first kappa shape index (κ1) is 14.4. The lowest BCUT2D eigenvalue weighted by Gasteiger charge is -2.15. The molecule has 0 aromatic carbocycles. The highest BCUT2D eigenvalue weighted by Gasteiger charge is 2.27. The largest absolute Gasteiger partial charge is 0.370 e. The van der Waals surface area contributed by atoms with E-state index in [9.17, 15) is 0 Å². The van der Waals surface area contributed by atoms with E-state index >= 15 is 0 Å². The molecule has 2 rings (SSSR count). The van der Waals surface area contributed by atoms with E-state index in [1.165, 1.54) is 18.6 Å². The predicted octanol–water partition coefficient (Wildman–Crippen LogP) is 3.34. The molecule has 1 aromatic heterocycles. The average Bonchev–Trinajstić information content (AvgIpc) is 3.20. The first-order valence-electron chi connectivity index (χ1n) is 7.11. The molecule has 0 aliphatic heterocycles. The van der Waals surface area contributed by atoms with Gasteiger partial charge in [0.05, 0.1) is 0 Å². The third-order valence-electron chi connectivity index (χ3n) is 3.19. The van der Waals surface area contributed by atoms with Crippen LogP contribution in [0.5, 0.6) is 0 Å². The van der Waals surface area contributed by atoms with Crippen LogP contribution in [0.25, 0.3) is 0 Å². The Labute approximate surface area is 120 Å². The van der Waals surface area contributed by atoms with Gasteiger partial charge < -0.3 is 10.6 Å². The van der Waals surface area contributed by atoms with E-state index < -0.39 is 0 Å². The highest BCUT2D eigenvalue weighted by atomic mass is 32.2. The second kappa shape index (κ2) is 6.98. The zero-order valence-electron chi connectivity index (χ0n) is 12.1. The molecule has 1 aromatic rings. The molecule has 106 valence electrons. The summed E-state index contributed by atoms with van der Waals surface area (Å²) in [6.45, 7) is 5.19. The van der Waals surface area contributed by atoms with Gasteiger partial charge in [0.2, 0.25) is 0 Å². The van der Waals surface area contributed by atoms with Crippen LogP contribution in [-0.2, 0) is 0 Å². The number of hydrogen-bond donors (Lipinski definition) is 2. The van der Waals surface area contributed by atoms with Crippen molar-refractivity contribution < 1.29 is 0 Å². The van der Waals surface area contributed by atoms with Gasteiger partial charge in [-0.1, -0.05) is 0 Å². The fourth-order valence-corrected chi connectivity index (χ4v) is 2.54. The normalized spacial score (nSPS) is 16.2. The summed E-state index contributed by atoms with van der Waals surface area (Å²) in [6, 6.07) is 2.47. The van der Waals surface area contributed by atoms with Crippen molar-refractivity contribution in [2.24, 2.45) is 0 Å². The van der Waals surface area contributed by atoms with Crippen LogP contribution in [0.15, 0.2) is 6.07 Å². The summed E-state index contributed by atoms with van der Waals surface area (Å²) in [5.74, 6) is 4.66. The lowest BCUT2D eigenvalue weighted by Crippen LogP contribution is -2.18. The molecule has 0 saturated heterocycles. The van der Waals surface area contributed by atoms with E-state index in [2.05, 4.69) is 40.7 Å². The van der Waals surface area contributed by atoms with Crippen molar-refractivity contribution in [2.75, 3.05) is 29.2 Å². The monoisotopic (exact) mass is 280 g/mol. The third kappa shape index (κ3) is 4.56. The molecule has 0 amide bonds. The molecular weight excluding hydrogens is 256 g/mol. The van der Waals surface area contributed by atoms with Crippen LogP contribution in [0.2, 0.25) is 0 Å². The van der Waals surface area contributed by atoms with Crippen LogP contribution in [0, 0.1) is 0 Å². The Bertz CT molecular complexity index is 406. The summed E-state index contributed by atoms with van der Waals surface area (Å²) in [4.78, 5) is 9.24. The molecular formula is C14H24N4S. The molecule has 0 bridgehead atoms. The lowest BCUT2D eigenvalue weighted by molar-refractivity contribution is 0.762. The van der Waals surface area contributed by atoms with Gasteiger partial charge in [0.1, 0.15) is 17.5 Å². The highest BCUT2D eigenvalue weighted by Crippen LogP contribution is 2.38. The average molecular weight is 280 g/mol. The lowest BCUT2D eigenvalue weighted by atomic mass is 10.2. The summed E-state index contributed by atoms with van der Waals surface area (Å²) in [6.07, 6.45) is 5.76. The molecule has 19 heavy (non-hydrogen) atoms. The first-order valence-corrected chi connectivity index (χ1v) is 8.50. The molecule has 1 atom stereocenters. The number of nitrogens with one attached hydrogen (secondary N) is 2. The van der Waals surface area contributed by atoms with Gasteiger partial charge in [-0.05, 0) is 45.1 Å². The van der Waals surface area contributed by atoms with E-state index in [0.29, 0.717) is 12.0 Å². The Morgan fingerprint density at radius 3 is 2.74 bits per heavy atom. The predicted molar refractivity (Wildman–Crippen MR) is 84.3 cm³/mol. The zero-order chi connectivity index (χ0) is 13.7. The Kier molecular flexibility index (Phi) is 5.31. The van der Waals surface area contributed by atoms with Gasteiger partial charge >= 0.3 is 0 Å². The molecule has 0 radical (unpaired) electrons. The van der Waals surface area contributed by atoms with Gasteiger partial charge in [0, 0.05) is 24.6 Å². The quantitative estimate of drug-likeness (QED) is 0.765. The van der Waals surface area contributed by atoms with Crippen molar-refractivity contribution in [3.63, 3.8) is 0 Å². The fourth-order valence-electron chi connectivity index (χ4n) is 1.95. The van der Waals surface area contributed by atoms with Crippen LogP contribution in [0.1, 0.15) is 44.9 Å². The number of anilines is 2. The van der Waals surface area contributed by atoms with Gasteiger partial charge in [-0.25, -0.2) is 9.97 Å². The number of nitrogens with zero attached hydrogens (tertiary/aromatic N) is 2.